The lowest BCUT2D eigenvalue weighted by molar-refractivity contribution is 0.333. The van der Waals surface area contributed by atoms with Crippen LogP contribution in [0.4, 0.5) is 5.13 Å². The number of rotatable bonds is 3. The average molecular weight is 169 g/mol. The van der Waals surface area contributed by atoms with Gasteiger partial charge in [-0.1, -0.05) is 6.42 Å². The zero-order chi connectivity index (χ0) is 7.52. The van der Waals surface area contributed by atoms with E-state index < -0.39 is 0 Å². The van der Waals surface area contributed by atoms with Crippen molar-refractivity contribution in [1.82, 2.24) is 9.36 Å². The lowest BCUT2D eigenvalue weighted by Gasteiger charge is -2.24. The molecular formula is C7H11N3S. The fraction of sp³-hybridized carbons (Fsp3) is 0.714. The topological polar surface area (TPSA) is 37.8 Å². The molecule has 4 heteroatoms. The van der Waals surface area contributed by atoms with E-state index in [1.807, 2.05) is 0 Å². The third-order valence-corrected chi connectivity index (χ3v) is 2.75. The molecule has 0 bridgehead atoms. The van der Waals surface area contributed by atoms with Gasteiger partial charge in [-0.15, -0.1) is 0 Å². The van der Waals surface area contributed by atoms with E-state index in [1.165, 1.54) is 30.8 Å². The summed E-state index contributed by atoms with van der Waals surface area (Å²) in [7, 11) is 0. The maximum absolute atomic E-state index is 4.04. The monoisotopic (exact) mass is 169 g/mol. The zero-order valence-corrected chi connectivity index (χ0v) is 7.10. The highest BCUT2D eigenvalue weighted by molar-refractivity contribution is 7.09. The summed E-state index contributed by atoms with van der Waals surface area (Å²) in [5.74, 6) is 0.888. The molecule has 3 nitrogen and oxygen atoms in total. The molecule has 1 fully saturated rings. The van der Waals surface area contributed by atoms with E-state index in [1.54, 1.807) is 6.33 Å². The van der Waals surface area contributed by atoms with Crippen molar-refractivity contribution in [2.45, 2.75) is 19.3 Å². The number of hydrogen-bond donors (Lipinski definition) is 1. The van der Waals surface area contributed by atoms with Crippen molar-refractivity contribution in [2.75, 3.05) is 11.9 Å². The van der Waals surface area contributed by atoms with Crippen LogP contribution in [0.1, 0.15) is 19.3 Å². The Balaban J connectivity index is 1.74. The second-order valence-corrected chi connectivity index (χ2v) is 3.70. The van der Waals surface area contributed by atoms with Gasteiger partial charge in [0.15, 0.2) is 0 Å². The standard InChI is InChI=1S/C7H11N3S/c1-2-6(3-1)4-8-7-9-5-10-11-7/h5-6H,1-4H2,(H,8,9,10). The fourth-order valence-electron chi connectivity index (χ4n) is 1.18. The Bertz CT molecular complexity index is 205. The van der Waals surface area contributed by atoms with E-state index in [4.69, 9.17) is 0 Å². The summed E-state index contributed by atoms with van der Waals surface area (Å²) in [6.45, 7) is 1.08. The van der Waals surface area contributed by atoms with Gasteiger partial charge in [0.2, 0.25) is 5.13 Å². The molecule has 0 amide bonds. The summed E-state index contributed by atoms with van der Waals surface area (Å²) in [5, 5.41) is 4.23. The highest BCUT2D eigenvalue weighted by Crippen LogP contribution is 2.26. The first-order valence-corrected chi connectivity index (χ1v) is 4.73. The molecule has 0 saturated heterocycles. The van der Waals surface area contributed by atoms with Crippen LogP contribution in [0.2, 0.25) is 0 Å². The minimum atomic E-state index is 0.888. The molecule has 1 aromatic heterocycles. The average Bonchev–Trinajstić information content (AvgIpc) is 2.36. The Kier molecular flexibility index (Phi) is 2.03. The molecule has 1 saturated carbocycles. The molecule has 1 aromatic rings. The highest BCUT2D eigenvalue weighted by atomic mass is 32.1. The molecule has 0 aromatic carbocycles. The minimum absolute atomic E-state index is 0.888. The zero-order valence-electron chi connectivity index (χ0n) is 6.29. The van der Waals surface area contributed by atoms with Crippen molar-refractivity contribution in [1.29, 1.82) is 0 Å². The van der Waals surface area contributed by atoms with Crippen molar-refractivity contribution in [3.63, 3.8) is 0 Å². The molecule has 11 heavy (non-hydrogen) atoms. The maximum Gasteiger partial charge on any atom is 0.202 e. The molecule has 60 valence electrons. The first kappa shape index (κ1) is 7.03. The van der Waals surface area contributed by atoms with Crippen LogP contribution >= 0.6 is 11.5 Å². The largest absolute Gasteiger partial charge is 0.360 e. The van der Waals surface area contributed by atoms with Crippen molar-refractivity contribution in [2.24, 2.45) is 5.92 Å². The van der Waals surface area contributed by atoms with Crippen LogP contribution in [0.25, 0.3) is 0 Å². The van der Waals surface area contributed by atoms with Crippen molar-refractivity contribution >= 4 is 16.7 Å². The number of hydrogen-bond acceptors (Lipinski definition) is 4. The summed E-state index contributed by atoms with van der Waals surface area (Å²) >= 11 is 1.43. The van der Waals surface area contributed by atoms with Crippen LogP contribution in [0, 0.1) is 5.92 Å². The summed E-state index contributed by atoms with van der Waals surface area (Å²) in [6, 6.07) is 0. The lowest BCUT2D eigenvalue weighted by Crippen LogP contribution is -2.20. The van der Waals surface area contributed by atoms with Crippen LogP contribution in [-0.4, -0.2) is 15.9 Å². The maximum atomic E-state index is 4.04. The van der Waals surface area contributed by atoms with Gasteiger partial charge in [0.05, 0.1) is 0 Å². The predicted molar refractivity (Wildman–Crippen MR) is 45.7 cm³/mol. The van der Waals surface area contributed by atoms with E-state index >= 15 is 0 Å². The highest BCUT2D eigenvalue weighted by Gasteiger charge is 2.16. The quantitative estimate of drug-likeness (QED) is 0.749. The lowest BCUT2D eigenvalue weighted by atomic mass is 9.86. The Morgan fingerprint density at radius 2 is 2.55 bits per heavy atom. The van der Waals surface area contributed by atoms with Crippen LogP contribution in [-0.2, 0) is 0 Å². The first-order chi connectivity index (χ1) is 5.45. The van der Waals surface area contributed by atoms with Crippen LogP contribution in [0.3, 0.4) is 0 Å². The molecule has 1 aliphatic carbocycles. The Morgan fingerprint density at radius 1 is 1.64 bits per heavy atom. The molecule has 1 heterocycles. The molecule has 0 aliphatic heterocycles. The third kappa shape index (κ3) is 1.68. The van der Waals surface area contributed by atoms with Gasteiger partial charge in [-0.2, -0.15) is 4.37 Å². The smallest absolute Gasteiger partial charge is 0.202 e. The van der Waals surface area contributed by atoms with Gasteiger partial charge in [0.25, 0.3) is 0 Å². The second-order valence-electron chi connectivity index (χ2n) is 2.92. The molecule has 0 spiro atoms. The van der Waals surface area contributed by atoms with E-state index in [2.05, 4.69) is 14.7 Å². The Labute approximate surface area is 70.0 Å². The SMILES string of the molecule is c1nsc(NCC2CCC2)n1. The van der Waals surface area contributed by atoms with E-state index in [0.717, 1.165) is 17.6 Å². The number of anilines is 1. The molecule has 1 aliphatic rings. The minimum Gasteiger partial charge on any atom is -0.360 e. The van der Waals surface area contributed by atoms with Gasteiger partial charge in [-0.25, -0.2) is 4.98 Å². The van der Waals surface area contributed by atoms with Gasteiger partial charge in [-0.3, -0.25) is 0 Å². The molecule has 0 unspecified atom stereocenters. The van der Waals surface area contributed by atoms with Gasteiger partial charge in [-0.05, 0) is 18.8 Å². The van der Waals surface area contributed by atoms with Gasteiger partial charge in [0.1, 0.15) is 6.33 Å². The molecule has 0 radical (unpaired) electrons. The fourth-order valence-corrected chi connectivity index (χ4v) is 1.62. The van der Waals surface area contributed by atoms with Gasteiger partial charge < -0.3 is 5.32 Å². The van der Waals surface area contributed by atoms with Crippen LogP contribution < -0.4 is 5.32 Å². The summed E-state index contributed by atoms with van der Waals surface area (Å²) < 4.78 is 3.91. The summed E-state index contributed by atoms with van der Waals surface area (Å²) in [6.07, 6.45) is 5.76. The van der Waals surface area contributed by atoms with Crippen LogP contribution in [0.15, 0.2) is 6.33 Å². The van der Waals surface area contributed by atoms with E-state index in [9.17, 15) is 0 Å². The summed E-state index contributed by atoms with van der Waals surface area (Å²) in [4.78, 5) is 4.04. The van der Waals surface area contributed by atoms with E-state index in [-0.39, 0.29) is 0 Å². The molecular weight excluding hydrogens is 158 g/mol. The van der Waals surface area contributed by atoms with Crippen molar-refractivity contribution < 1.29 is 0 Å². The normalized spacial score (nSPS) is 17.8. The van der Waals surface area contributed by atoms with E-state index in [0.29, 0.717) is 0 Å². The Morgan fingerprint density at radius 3 is 3.09 bits per heavy atom. The third-order valence-electron chi connectivity index (χ3n) is 2.13. The predicted octanol–water partition coefficient (Wildman–Crippen LogP) is 1.75. The molecule has 2 rings (SSSR count). The number of aromatic nitrogens is 2. The van der Waals surface area contributed by atoms with Gasteiger partial charge >= 0.3 is 0 Å². The van der Waals surface area contributed by atoms with Crippen LogP contribution in [0.5, 0.6) is 0 Å². The molecule has 0 atom stereocenters. The van der Waals surface area contributed by atoms with Gasteiger partial charge in [0, 0.05) is 18.1 Å². The molecule has 1 N–H and O–H groups in total. The van der Waals surface area contributed by atoms with Crippen molar-refractivity contribution in [3.05, 3.63) is 6.33 Å². The Hall–Kier alpha value is -0.640. The number of nitrogens with zero attached hydrogens (tertiary/aromatic N) is 2. The van der Waals surface area contributed by atoms with Crippen molar-refractivity contribution in [3.8, 4) is 0 Å². The second kappa shape index (κ2) is 3.17. The first-order valence-electron chi connectivity index (χ1n) is 3.96. The number of nitrogens with one attached hydrogen (secondary N) is 1. The summed E-state index contributed by atoms with van der Waals surface area (Å²) in [5.41, 5.74) is 0.